The van der Waals surface area contributed by atoms with Crippen LogP contribution >= 0.6 is 0 Å². The summed E-state index contributed by atoms with van der Waals surface area (Å²) >= 11 is 0. The van der Waals surface area contributed by atoms with E-state index in [2.05, 4.69) is 20.2 Å². The van der Waals surface area contributed by atoms with Crippen molar-refractivity contribution >= 4 is 32.8 Å². The van der Waals surface area contributed by atoms with Gasteiger partial charge in [-0.3, -0.25) is 4.79 Å². The predicted octanol–water partition coefficient (Wildman–Crippen LogP) is 0.156. The maximum absolute atomic E-state index is 13.0. The van der Waals surface area contributed by atoms with Crippen LogP contribution in [0.5, 0.6) is 0 Å². The summed E-state index contributed by atoms with van der Waals surface area (Å²) in [6.45, 7) is 7.04. The monoisotopic (exact) mass is 466 g/mol. The number of hydrogen-bond donors (Lipinski definition) is 3. The highest BCUT2D eigenvalue weighted by atomic mass is 32.2. The molecule has 0 saturated carbocycles. The lowest BCUT2D eigenvalue weighted by Gasteiger charge is -2.40. The van der Waals surface area contributed by atoms with E-state index in [-0.39, 0.29) is 23.8 Å². The number of ether oxygens (including phenoxy) is 1. The molecule has 1 amide bonds. The van der Waals surface area contributed by atoms with Gasteiger partial charge in [0.25, 0.3) is 10.2 Å². The molecule has 11 nitrogen and oxygen atoms in total. The zero-order valence-electron chi connectivity index (χ0n) is 18.3. The highest BCUT2D eigenvalue weighted by Gasteiger charge is 2.36. The molecule has 2 atom stereocenters. The summed E-state index contributed by atoms with van der Waals surface area (Å²) in [5, 5.41) is 2.84. The molecule has 2 aliphatic rings. The fourth-order valence-corrected chi connectivity index (χ4v) is 6.01. The molecule has 0 unspecified atom stereocenters. The average Bonchev–Trinajstić information content (AvgIpc) is 3.11. The van der Waals surface area contributed by atoms with Gasteiger partial charge in [-0.2, -0.15) is 17.0 Å². The third-order valence-electron chi connectivity index (χ3n) is 5.82. The van der Waals surface area contributed by atoms with Gasteiger partial charge in [-0.1, -0.05) is 0 Å². The molecule has 2 aromatic rings. The van der Waals surface area contributed by atoms with E-state index in [1.165, 1.54) is 8.61 Å². The minimum atomic E-state index is -3.51. The number of carbonyl (C=O) groups is 1. The molecule has 3 N–H and O–H groups in total. The highest BCUT2D eigenvalue weighted by Crippen LogP contribution is 2.19. The number of carbonyl (C=O) groups excluding carboxylic acids is 1. The van der Waals surface area contributed by atoms with Crippen LogP contribution in [0.15, 0.2) is 23.0 Å². The van der Waals surface area contributed by atoms with Crippen molar-refractivity contribution in [3.8, 4) is 0 Å². The van der Waals surface area contributed by atoms with Crippen LogP contribution in [0.25, 0.3) is 11.0 Å². The lowest BCUT2D eigenvalue weighted by atomic mass is 10.2. The van der Waals surface area contributed by atoms with Crippen molar-refractivity contribution in [3.05, 3.63) is 28.7 Å². The number of imidazole rings is 1. The zero-order valence-corrected chi connectivity index (χ0v) is 19.2. The number of aromatic amines is 2. The molecular formula is C20H30N6O5S. The first kappa shape index (κ1) is 22.9. The largest absolute Gasteiger partial charge is 0.373 e. The molecule has 0 spiro atoms. The molecule has 2 saturated heterocycles. The van der Waals surface area contributed by atoms with E-state index >= 15 is 0 Å². The summed E-state index contributed by atoms with van der Waals surface area (Å²) in [5.41, 5.74) is 1.64. The molecule has 2 fully saturated rings. The highest BCUT2D eigenvalue weighted by molar-refractivity contribution is 7.86. The van der Waals surface area contributed by atoms with Crippen LogP contribution in [-0.2, 0) is 19.7 Å². The number of nitrogens with one attached hydrogen (secondary N) is 3. The van der Waals surface area contributed by atoms with E-state index in [1.807, 2.05) is 13.8 Å². The third-order valence-corrected chi connectivity index (χ3v) is 7.79. The second-order valence-corrected chi connectivity index (χ2v) is 10.4. The second-order valence-electron chi connectivity index (χ2n) is 8.46. The maximum atomic E-state index is 13.0. The van der Waals surface area contributed by atoms with E-state index in [4.69, 9.17) is 4.74 Å². The fourth-order valence-electron chi connectivity index (χ4n) is 4.26. The van der Waals surface area contributed by atoms with Crippen molar-refractivity contribution < 1.29 is 17.9 Å². The number of anilines is 1. The van der Waals surface area contributed by atoms with Crippen molar-refractivity contribution in [2.75, 3.05) is 51.1 Å². The Labute approximate surface area is 186 Å². The molecular weight excluding hydrogens is 436 g/mol. The SMILES string of the molecule is C[C@@H]1CN(S(=O)(=O)N2CCN(CCC(=O)Nc3ccc4[nH]c(=O)[nH]c4c3)CC2)C[C@@H](C)O1. The van der Waals surface area contributed by atoms with Gasteiger partial charge in [-0.25, -0.2) is 4.79 Å². The van der Waals surface area contributed by atoms with Crippen molar-refractivity contribution in [1.82, 2.24) is 23.5 Å². The summed E-state index contributed by atoms with van der Waals surface area (Å²) in [7, 11) is -3.51. The normalized spacial score (nSPS) is 24.1. The summed E-state index contributed by atoms with van der Waals surface area (Å²) in [4.78, 5) is 31.1. The molecule has 32 heavy (non-hydrogen) atoms. The molecule has 0 bridgehead atoms. The van der Waals surface area contributed by atoms with Crippen molar-refractivity contribution in [3.63, 3.8) is 0 Å². The predicted molar refractivity (Wildman–Crippen MR) is 121 cm³/mol. The number of H-pyrrole nitrogens is 2. The van der Waals surface area contributed by atoms with Gasteiger partial charge in [0.15, 0.2) is 0 Å². The second kappa shape index (κ2) is 9.32. The molecule has 1 aromatic carbocycles. The van der Waals surface area contributed by atoms with E-state index in [0.717, 1.165) is 0 Å². The number of morpholine rings is 1. The topological polar surface area (TPSA) is 131 Å². The van der Waals surface area contributed by atoms with Crippen LogP contribution in [0.3, 0.4) is 0 Å². The zero-order chi connectivity index (χ0) is 22.9. The summed E-state index contributed by atoms with van der Waals surface area (Å²) in [5.74, 6) is -0.131. The standard InChI is InChI=1S/C20H30N6O5S/c1-14-12-26(13-15(2)31-14)32(29,30)25-9-7-24(8-10-25)6-5-19(27)21-16-3-4-17-18(11-16)23-20(28)22-17/h3-4,11,14-15H,5-10,12-13H2,1-2H3,(H,21,27)(H2,22,23,28)/t14-,15-/m1/s1. The fraction of sp³-hybridized carbons (Fsp3) is 0.600. The number of fused-ring (bicyclic) bond motifs is 1. The first-order chi connectivity index (χ1) is 15.2. The Kier molecular flexibility index (Phi) is 6.67. The molecule has 176 valence electrons. The van der Waals surface area contributed by atoms with Gasteiger partial charge in [0.2, 0.25) is 5.91 Å². The molecule has 3 heterocycles. The quantitative estimate of drug-likeness (QED) is 0.556. The Hall–Kier alpha value is -2.25. The smallest absolute Gasteiger partial charge is 0.323 e. The minimum absolute atomic E-state index is 0.119. The number of piperazine rings is 1. The summed E-state index contributed by atoms with van der Waals surface area (Å²) in [6.07, 6.45) is 0.0606. The number of amides is 1. The minimum Gasteiger partial charge on any atom is -0.373 e. The molecule has 1 aromatic heterocycles. The lowest BCUT2D eigenvalue weighted by molar-refractivity contribution is -0.116. The lowest BCUT2D eigenvalue weighted by Crippen LogP contribution is -2.57. The van der Waals surface area contributed by atoms with Gasteiger partial charge >= 0.3 is 5.69 Å². The Morgan fingerprint density at radius 1 is 1.06 bits per heavy atom. The summed E-state index contributed by atoms with van der Waals surface area (Å²) in [6, 6.07) is 5.18. The van der Waals surface area contributed by atoms with Crippen LogP contribution in [-0.4, -0.2) is 95.8 Å². The molecule has 0 radical (unpaired) electrons. The van der Waals surface area contributed by atoms with Crippen LogP contribution in [0, 0.1) is 0 Å². The number of nitrogens with zero attached hydrogens (tertiary/aromatic N) is 3. The Bertz CT molecular complexity index is 1110. The Balaban J connectivity index is 1.24. The van der Waals surface area contributed by atoms with Gasteiger partial charge in [0.05, 0.1) is 23.2 Å². The Morgan fingerprint density at radius 3 is 2.41 bits per heavy atom. The summed E-state index contributed by atoms with van der Waals surface area (Å²) < 4.78 is 34.7. The molecule has 2 aliphatic heterocycles. The van der Waals surface area contributed by atoms with Crippen LogP contribution < -0.4 is 11.0 Å². The van der Waals surface area contributed by atoms with Gasteiger partial charge < -0.3 is 24.9 Å². The van der Waals surface area contributed by atoms with Crippen molar-refractivity contribution in [2.45, 2.75) is 32.5 Å². The van der Waals surface area contributed by atoms with Gasteiger partial charge in [-0.15, -0.1) is 0 Å². The van der Waals surface area contributed by atoms with Crippen molar-refractivity contribution in [1.29, 1.82) is 0 Å². The van der Waals surface area contributed by atoms with Crippen LogP contribution in [0.1, 0.15) is 20.3 Å². The molecule has 0 aliphatic carbocycles. The van der Waals surface area contributed by atoms with E-state index in [0.29, 0.717) is 69.0 Å². The molecule has 4 rings (SSSR count). The van der Waals surface area contributed by atoms with Gasteiger partial charge in [0.1, 0.15) is 0 Å². The first-order valence-electron chi connectivity index (χ1n) is 10.9. The third kappa shape index (κ3) is 5.21. The van der Waals surface area contributed by atoms with Crippen LogP contribution in [0.2, 0.25) is 0 Å². The van der Waals surface area contributed by atoms with Gasteiger partial charge in [-0.05, 0) is 32.0 Å². The maximum Gasteiger partial charge on any atom is 0.323 e. The van der Waals surface area contributed by atoms with E-state index in [1.54, 1.807) is 18.2 Å². The van der Waals surface area contributed by atoms with Crippen LogP contribution in [0.4, 0.5) is 5.69 Å². The Morgan fingerprint density at radius 2 is 1.72 bits per heavy atom. The van der Waals surface area contributed by atoms with Gasteiger partial charge in [0, 0.05) is 57.9 Å². The average molecular weight is 467 g/mol. The molecule has 12 heteroatoms. The number of rotatable bonds is 6. The number of aromatic nitrogens is 2. The van der Waals surface area contributed by atoms with E-state index in [9.17, 15) is 18.0 Å². The number of hydrogen-bond acceptors (Lipinski definition) is 6. The number of benzene rings is 1. The van der Waals surface area contributed by atoms with E-state index < -0.39 is 10.2 Å². The van der Waals surface area contributed by atoms with Crippen molar-refractivity contribution in [2.24, 2.45) is 0 Å². The first-order valence-corrected chi connectivity index (χ1v) is 12.3.